The van der Waals surface area contributed by atoms with Gasteiger partial charge in [0.2, 0.25) is 11.7 Å². The fourth-order valence-electron chi connectivity index (χ4n) is 3.93. The highest BCUT2D eigenvalue weighted by molar-refractivity contribution is 5.94. The van der Waals surface area contributed by atoms with Crippen LogP contribution in [-0.4, -0.2) is 39.1 Å². The molecule has 5 aromatic rings. The van der Waals surface area contributed by atoms with E-state index in [1.165, 1.54) is 17.6 Å². The Balaban J connectivity index is 1.59. The van der Waals surface area contributed by atoms with Crippen LogP contribution in [0.4, 0.5) is 5.69 Å². The Morgan fingerprint density at radius 3 is 2.47 bits per heavy atom. The van der Waals surface area contributed by atoms with E-state index in [9.17, 15) is 9.59 Å². The molecule has 0 saturated carbocycles. The highest BCUT2D eigenvalue weighted by Crippen LogP contribution is 2.29. The van der Waals surface area contributed by atoms with Crippen molar-refractivity contribution in [3.63, 3.8) is 0 Å². The van der Waals surface area contributed by atoms with Crippen molar-refractivity contribution < 1.29 is 14.3 Å². The molecule has 0 fully saturated rings. The molecule has 0 radical (unpaired) electrons. The van der Waals surface area contributed by atoms with Gasteiger partial charge in [0.15, 0.2) is 0 Å². The van der Waals surface area contributed by atoms with Crippen LogP contribution in [0.2, 0.25) is 0 Å². The summed E-state index contributed by atoms with van der Waals surface area (Å²) in [5, 5.41) is 2.88. The van der Waals surface area contributed by atoms with Gasteiger partial charge in [0.05, 0.1) is 36.6 Å². The Morgan fingerprint density at radius 1 is 0.971 bits per heavy atom. The molecule has 0 unspecified atom stereocenters. The number of nitrogens with zero attached hydrogens (tertiary/aromatic N) is 4. The fraction of sp³-hybridized carbons (Fsp3) is 0.120. The largest absolute Gasteiger partial charge is 0.497 e. The van der Waals surface area contributed by atoms with Crippen LogP contribution in [0.3, 0.4) is 0 Å². The topological polar surface area (TPSA) is 99.8 Å². The summed E-state index contributed by atoms with van der Waals surface area (Å²) in [5.41, 5.74) is 2.94. The maximum absolute atomic E-state index is 13.1. The summed E-state index contributed by atoms with van der Waals surface area (Å²) in [7, 11) is 3.08. The molecule has 3 aromatic heterocycles. The Hall–Kier alpha value is -4.66. The van der Waals surface area contributed by atoms with E-state index in [0.29, 0.717) is 34.2 Å². The number of aromatic nitrogens is 4. The second-order valence-electron chi connectivity index (χ2n) is 7.54. The second-order valence-corrected chi connectivity index (χ2v) is 7.54. The van der Waals surface area contributed by atoms with Gasteiger partial charge in [-0.1, -0.05) is 12.1 Å². The molecule has 0 bridgehead atoms. The first-order valence-electron chi connectivity index (χ1n) is 10.5. The second kappa shape index (κ2) is 8.70. The number of carbonyl (C=O) groups is 1. The van der Waals surface area contributed by atoms with Gasteiger partial charge in [-0.3, -0.25) is 14.6 Å². The van der Waals surface area contributed by atoms with Gasteiger partial charge in [0, 0.05) is 30.1 Å². The van der Waals surface area contributed by atoms with E-state index in [-0.39, 0.29) is 18.0 Å². The molecule has 0 aliphatic heterocycles. The summed E-state index contributed by atoms with van der Waals surface area (Å²) in [6.45, 7) is -0.0571. The van der Waals surface area contributed by atoms with Gasteiger partial charge >= 0.3 is 0 Å². The van der Waals surface area contributed by atoms with E-state index in [4.69, 9.17) is 14.5 Å². The molecular formula is C25H21N5O4. The molecule has 0 atom stereocenters. The number of carbonyl (C=O) groups excluding carboxylic acids is 1. The van der Waals surface area contributed by atoms with Crippen LogP contribution in [-0.2, 0) is 11.3 Å². The molecule has 1 amide bonds. The number of nitrogens with one attached hydrogen (secondary N) is 1. The number of hydrogen-bond donors (Lipinski definition) is 1. The number of para-hydroxylation sites is 2. The lowest BCUT2D eigenvalue weighted by Gasteiger charge is -2.12. The van der Waals surface area contributed by atoms with Crippen molar-refractivity contribution in [1.29, 1.82) is 0 Å². The first-order chi connectivity index (χ1) is 16.6. The average molecular weight is 455 g/mol. The van der Waals surface area contributed by atoms with Crippen molar-refractivity contribution in [3.05, 3.63) is 83.4 Å². The molecule has 1 N–H and O–H groups in total. The summed E-state index contributed by atoms with van der Waals surface area (Å²) in [6.07, 6.45) is 3.29. The highest BCUT2D eigenvalue weighted by Gasteiger charge is 2.18. The SMILES string of the molecule is COc1ccc(NC(=O)Cn2c3ccccc3n3c(=O)cc(-c4ccncc4)nc23)c(OC)c1. The average Bonchev–Trinajstić information content (AvgIpc) is 3.18. The Bertz CT molecular complexity index is 1570. The molecule has 3 heterocycles. The van der Waals surface area contributed by atoms with Crippen molar-refractivity contribution in [2.75, 3.05) is 19.5 Å². The van der Waals surface area contributed by atoms with Crippen LogP contribution >= 0.6 is 0 Å². The lowest BCUT2D eigenvalue weighted by Crippen LogP contribution is -2.21. The molecule has 170 valence electrons. The van der Waals surface area contributed by atoms with Crippen LogP contribution < -0.4 is 20.3 Å². The third kappa shape index (κ3) is 3.73. The molecule has 9 nitrogen and oxygen atoms in total. The smallest absolute Gasteiger partial charge is 0.260 e. The number of anilines is 1. The molecular weight excluding hydrogens is 434 g/mol. The summed E-state index contributed by atoms with van der Waals surface area (Å²) in [5.74, 6) is 1.17. The van der Waals surface area contributed by atoms with Gasteiger partial charge in [-0.2, -0.15) is 0 Å². The van der Waals surface area contributed by atoms with Crippen LogP contribution in [0, 0.1) is 0 Å². The van der Waals surface area contributed by atoms with Gasteiger partial charge in [0.1, 0.15) is 18.0 Å². The number of amides is 1. The van der Waals surface area contributed by atoms with Gasteiger partial charge in [-0.25, -0.2) is 9.38 Å². The van der Waals surface area contributed by atoms with E-state index in [1.54, 1.807) is 54.4 Å². The molecule has 0 aliphatic rings. The predicted molar refractivity (Wildman–Crippen MR) is 128 cm³/mol. The molecule has 0 aliphatic carbocycles. The summed E-state index contributed by atoms with van der Waals surface area (Å²) >= 11 is 0. The summed E-state index contributed by atoms with van der Waals surface area (Å²) < 4.78 is 13.8. The molecule has 2 aromatic carbocycles. The third-order valence-corrected chi connectivity index (χ3v) is 5.52. The predicted octanol–water partition coefficient (Wildman–Crippen LogP) is 3.37. The van der Waals surface area contributed by atoms with E-state index in [1.807, 2.05) is 24.3 Å². The molecule has 34 heavy (non-hydrogen) atoms. The minimum atomic E-state index is -0.296. The molecule has 0 spiro atoms. The lowest BCUT2D eigenvalue weighted by atomic mass is 10.2. The van der Waals surface area contributed by atoms with Crippen molar-refractivity contribution >= 4 is 28.4 Å². The minimum absolute atomic E-state index is 0.0571. The van der Waals surface area contributed by atoms with E-state index in [0.717, 1.165) is 11.1 Å². The number of pyridine rings is 1. The Kier molecular flexibility index (Phi) is 5.43. The van der Waals surface area contributed by atoms with Crippen LogP contribution in [0.5, 0.6) is 11.5 Å². The number of ether oxygens (including phenoxy) is 2. The van der Waals surface area contributed by atoms with Crippen molar-refractivity contribution in [1.82, 2.24) is 18.9 Å². The highest BCUT2D eigenvalue weighted by atomic mass is 16.5. The summed E-state index contributed by atoms with van der Waals surface area (Å²) in [6, 6.07) is 17.6. The number of hydrogen-bond acceptors (Lipinski definition) is 6. The number of imidazole rings is 1. The van der Waals surface area contributed by atoms with Crippen molar-refractivity contribution in [3.8, 4) is 22.8 Å². The third-order valence-electron chi connectivity index (χ3n) is 5.52. The van der Waals surface area contributed by atoms with Crippen molar-refractivity contribution in [2.24, 2.45) is 0 Å². The maximum atomic E-state index is 13.1. The zero-order valence-corrected chi connectivity index (χ0v) is 18.6. The fourth-order valence-corrected chi connectivity index (χ4v) is 3.93. The number of benzene rings is 2. The normalized spacial score (nSPS) is 11.0. The Labute approximate surface area is 194 Å². The standard InChI is InChI=1S/C25H21N5O4/c1-33-17-7-8-18(22(13-17)34-2)27-23(31)15-29-20-5-3-4-6-21(20)30-24(32)14-19(28-25(29)30)16-9-11-26-12-10-16/h3-14H,15H2,1-2H3,(H,27,31). The van der Waals surface area contributed by atoms with Gasteiger partial charge in [-0.15, -0.1) is 0 Å². The van der Waals surface area contributed by atoms with Gasteiger partial charge < -0.3 is 19.4 Å². The Morgan fingerprint density at radius 2 is 1.74 bits per heavy atom. The number of methoxy groups -OCH3 is 2. The monoisotopic (exact) mass is 455 g/mol. The first-order valence-corrected chi connectivity index (χ1v) is 10.5. The van der Waals surface area contributed by atoms with Crippen molar-refractivity contribution in [2.45, 2.75) is 6.54 Å². The van der Waals surface area contributed by atoms with Gasteiger partial charge in [0.25, 0.3) is 5.56 Å². The zero-order chi connectivity index (χ0) is 23.7. The van der Waals surface area contributed by atoms with E-state index in [2.05, 4.69) is 10.3 Å². The zero-order valence-electron chi connectivity index (χ0n) is 18.6. The first kappa shape index (κ1) is 21.2. The van der Waals surface area contributed by atoms with Gasteiger partial charge in [-0.05, 0) is 36.4 Å². The molecule has 0 saturated heterocycles. The minimum Gasteiger partial charge on any atom is -0.497 e. The molecule has 9 heteroatoms. The maximum Gasteiger partial charge on any atom is 0.260 e. The number of rotatable bonds is 6. The van der Waals surface area contributed by atoms with E-state index < -0.39 is 0 Å². The van der Waals surface area contributed by atoms with E-state index >= 15 is 0 Å². The quantitative estimate of drug-likeness (QED) is 0.421. The molecule has 5 rings (SSSR count). The summed E-state index contributed by atoms with van der Waals surface area (Å²) in [4.78, 5) is 34.9. The van der Waals surface area contributed by atoms with Crippen LogP contribution in [0.1, 0.15) is 0 Å². The van der Waals surface area contributed by atoms with Crippen LogP contribution in [0.25, 0.3) is 28.1 Å². The number of fused-ring (bicyclic) bond motifs is 3. The van der Waals surface area contributed by atoms with Crippen LogP contribution in [0.15, 0.2) is 77.9 Å². The lowest BCUT2D eigenvalue weighted by molar-refractivity contribution is -0.116.